The topological polar surface area (TPSA) is 51.2 Å². The van der Waals surface area contributed by atoms with Crippen molar-refractivity contribution in [3.8, 4) is 0 Å². The van der Waals surface area contributed by atoms with Crippen LogP contribution in [0, 0.1) is 5.92 Å². The van der Waals surface area contributed by atoms with Crippen LogP contribution in [-0.2, 0) is 9.84 Å². The number of ketones is 1. The first kappa shape index (κ1) is 11.3. The molecule has 4 heteroatoms. The first-order chi connectivity index (χ1) is 7.48. The minimum Gasteiger partial charge on any atom is -0.294 e. The van der Waals surface area contributed by atoms with E-state index in [-0.39, 0.29) is 16.6 Å². The van der Waals surface area contributed by atoms with Gasteiger partial charge < -0.3 is 0 Å². The zero-order valence-corrected chi connectivity index (χ0v) is 9.96. The number of sulfone groups is 1. The molecule has 0 heterocycles. The van der Waals surface area contributed by atoms with Crippen LogP contribution < -0.4 is 0 Å². The molecule has 0 spiro atoms. The molecular weight excluding hydrogens is 224 g/mol. The molecule has 0 amide bonds. The largest absolute Gasteiger partial charge is 0.294 e. The smallest absolute Gasteiger partial charge is 0.175 e. The zero-order chi connectivity index (χ0) is 11.8. The average Bonchev–Trinajstić information content (AvgIpc) is 2.14. The van der Waals surface area contributed by atoms with E-state index in [1.807, 2.05) is 0 Å². The lowest BCUT2D eigenvalue weighted by Gasteiger charge is -2.23. The highest BCUT2D eigenvalue weighted by molar-refractivity contribution is 7.90. The maximum absolute atomic E-state index is 11.9. The Kier molecular flexibility index (Phi) is 2.84. The SMILES string of the molecule is CS(=O)(=O)c1cccc(C(=O)C2CCC2)c1. The summed E-state index contributed by atoms with van der Waals surface area (Å²) >= 11 is 0. The number of carbonyl (C=O) groups is 1. The first-order valence-corrected chi connectivity index (χ1v) is 7.22. The molecule has 1 aromatic rings. The third-order valence-corrected chi connectivity index (χ3v) is 4.13. The summed E-state index contributed by atoms with van der Waals surface area (Å²) in [5, 5.41) is 0. The van der Waals surface area contributed by atoms with E-state index in [1.165, 1.54) is 12.1 Å². The molecule has 1 aromatic carbocycles. The van der Waals surface area contributed by atoms with Gasteiger partial charge in [-0.15, -0.1) is 0 Å². The maximum atomic E-state index is 11.9. The fraction of sp³-hybridized carbons (Fsp3) is 0.417. The van der Waals surface area contributed by atoms with E-state index in [9.17, 15) is 13.2 Å². The highest BCUT2D eigenvalue weighted by Gasteiger charge is 2.26. The summed E-state index contributed by atoms with van der Waals surface area (Å²) in [5.74, 6) is 0.187. The summed E-state index contributed by atoms with van der Waals surface area (Å²) < 4.78 is 22.7. The van der Waals surface area contributed by atoms with Crippen molar-refractivity contribution < 1.29 is 13.2 Å². The van der Waals surface area contributed by atoms with Crippen molar-refractivity contribution in [3.05, 3.63) is 29.8 Å². The molecule has 0 unspecified atom stereocenters. The van der Waals surface area contributed by atoms with Crippen LogP contribution in [-0.4, -0.2) is 20.5 Å². The van der Waals surface area contributed by atoms with Crippen molar-refractivity contribution in [1.29, 1.82) is 0 Å². The number of benzene rings is 1. The highest BCUT2D eigenvalue weighted by atomic mass is 32.2. The molecule has 0 saturated heterocycles. The van der Waals surface area contributed by atoms with Crippen LogP contribution in [0.15, 0.2) is 29.2 Å². The molecule has 1 aliphatic rings. The molecule has 0 radical (unpaired) electrons. The Balaban J connectivity index is 2.32. The number of Topliss-reactive ketones (excluding diaryl/α,β-unsaturated/α-hetero) is 1. The molecule has 0 aliphatic heterocycles. The molecule has 86 valence electrons. The first-order valence-electron chi connectivity index (χ1n) is 5.33. The van der Waals surface area contributed by atoms with Crippen LogP contribution in [0.2, 0.25) is 0 Å². The van der Waals surface area contributed by atoms with E-state index in [4.69, 9.17) is 0 Å². The molecule has 0 aromatic heterocycles. The summed E-state index contributed by atoms with van der Waals surface area (Å²) in [5.41, 5.74) is 0.521. The van der Waals surface area contributed by atoms with Crippen molar-refractivity contribution in [2.75, 3.05) is 6.26 Å². The van der Waals surface area contributed by atoms with Gasteiger partial charge in [0.2, 0.25) is 0 Å². The average molecular weight is 238 g/mol. The second-order valence-electron chi connectivity index (χ2n) is 4.29. The van der Waals surface area contributed by atoms with Crippen LogP contribution >= 0.6 is 0 Å². The molecule has 0 atom stereocenters. The Morgan fingerprint density at radius 3 is 2.50 bits per heavy atom. The van der Waals surface area contributed by atoms with Gasteiger partial charge in [-0.05, 0) is 25.0 Å². The van der Waals surface area contributed by atoms with E-state index < -0.39 is 9.84 Å². The number of rotatable bonds is 3. The third kappa shape index (κ3) is 2.16. The monoisotopic (exact) mass is 238 g/mol. The van der Waals surface area contributed by atoms with E-state index in [0.717, 1.165) is 25.5 Å². The molecule has 3 nitrogen and oxygen atoms in total. The lowest BCUT2D eigenvalue weighted by molar-refractivity contribution is 0.0855. The third-order valence-electron chi connectivity index (χ3n) is 3.02. The number of carbonyl (C=O) groups excluding carboxylic acids is 1. The summed E-state index contributed by atoms with van der Waals surface area (Å²) in [6.07, 6.45) is 4.12. The van der Waals surface area contributed by atoms with Gasteiger partial charge in [0.1, 0.15) is 0 Å². The van der Waals surface area contributed by atoms with Gasteiger partial charge in [-0.25, -0.2) is 8.42 Å². The Hall–Kier alpha value is -1.16. The van der Waals surface area contributed by atoms with Crippen LogP contribution in [0.4, 0.5) is 0 Å². The Bertz CT molecular complexity index is 513. The quantitative estimate of drug-likeness (QED) is 0.757. The summed E-state index contributed by atoms with van der Waals surface area (Å²) in [7, 11) is -3.23. The molecule has 0 bridgehead atoms. The summed E-state index contributed by atoms with van der Waals surface area (Å²) in [4.78, 5) is 12.1. The van der Waals surface area contributed by atoms with Gasteiger partial charge in [0.25, 0.3) is 0 Å². The molecule has 1 aliphatic carbocycles. The van der Waals surface area contributed by atoms with Crippen LogP contribution in [0.5, 0.6) is 0 Å². The second-order valence-corrected chi connectivity index (χ2v) is 6.31. The van der Waals surface area contributed by atoms with Crippen molar-refractivity contribution in [1.82, 2.24) is 0 Å². The molecule has 1 fully saturated rings. The lowest BCUT2D eigenvalue weighted by atomic mass is 9.80. The van der Waals surface area contributed by atoms with Crippen molar-refractivity contribution in [2.45, 2.75) is 24.2 Å². The molecule has 0 N–H and O–H groups in total. The molecule has 16 heavy (non-hydrogen) atoms. The number of hydrogen-bond donors (Lipinski definition) is 0. The van der Waals surface area contributed by atoms with Crippen LogP contribution in [0.3, 0.4) is 0 Å². The van der Waals surface area contributed by atoms with Gasteiger partial charge >= 0.3 is 0 Å². The minimum absolute atomic E-state index is 0.0803. The van der Waals surface area contributed by atoms with Gasteiger partial charge in [0, 0.05) is 17.7 Å². The fourth-order valence-corrected chi connectivity index (χ4v) is 2.45. The fourth-order valence-electron chi connectivity index (χ4n) is 1.79. The van der Waals surface area contributed by atoms with E-state index in [1.54, 1.807) is 12.1 Å². The van der Waals surface area contributed by atoms with E-state index in [0.29, 0.717) is 5.56 Å². The van der Waals surface area contributed by atoms with Gasteiger partial charge in [-0.2, -0.15) is 0 Å². The van der Waals surface area contributed by atoms with E-state index >= 15 is 0 Å². The Morgan fingerprint density at radius 2 is 2.00 bits per heavy atom. The standard InChI is InChI=1S/C12H14O3S/c1-16(14,15)11-7-3-6-10(8-11)12(13)9-4-2-5-9/h3,6-9H,2,4-5H2,1H3. The predicted octanol–water partition coefficient (Wildman–Crippen LogP) is 2.07. The lowest BCUT2D eigenvalue weighted by Crippen LogP contribution is -2.22. The molecule has 2 rings (SSSR count). The Morgan fingerprint density at radius 1 is 1.31 bits per heavy atom. The normalized spacial score (nSPS) is 16.8. The van der Waals surface area contributed by atoms with Gasteiger partial charge in [0.05, 0.1) is 4.90 Å². The second kappa shape index (κ2) is 4.01. The van der Waals surface area contributed by atoms with Crippen LogP contribution in [0.1, 0.15) is 29.6 Å². The maximum Gasteiger partial charge on any atom is 0.175 e. The summed E-state index contributed by atoms with van der Waals surface area (Å²) in [6.45, 7) is 0. The molecular formula is C12H14O3S. The van der Waals surface area contributed by atoms with Gasteiger partial charge in [0.15, 0.2) is 15.6 Å². The highest BCUT2D eigenvalue weighted by Crippen LogP contribution is 2.30. The number of hydrogen-bond acceptors (Lipinski definition) is 3. The van der Waals surface area contributed by atoms with E-state index in [2.05, 4.69) is 0 Å². The van der Waals surface area contributed by atoms with Crippen molar-refractivity contribution in [3.63, 3.8) is 0 Å². The van der Waals surface area contributed by atoms with Crippen molar-refractivity contribution >= 4 is 15.6 Å². The summed E-state index contributed by atoms with van der Waals surface area (Å²) in [6, 6.07) is 6.32. The molecule has 1 saturated carbocycles. The minimum atomic E-state index is -3.23. The Labute approximate surface area is 95.4 Å². The predicted molar refractivity (Wildman–Crippen MR) is 61.2 cm³/mol. The zero-order valence-electron chi connectivity index (χ0n) is 9.14. The van der Waals surface area contributed by atoms with Gasteiger partial charge in [-0.1, -0.05) is 18.6 Å². The van der Waals surface area contributed by atoms with Crippen molar-refractivity contribution in [2.24, 2.45) is 5.92 Å². The van der Waals surface area contributed by atoms with Gasteiger partial charge in [-0.3, -0.25) is 4.79 Å². The van der Waals surface area contributed by atoms with Crippen LogP contribution in [0.25, 0.3) is 0 Å².